The number of anilines is 1. The Kier molecular flexibility index (Phi) is 4.42. The molecule has 2 rings (SSSR count). The molecule has 0 saturated heterocycles. The predicted octanol–water partition coefficient (Wildman–Crippen LogP) is 1.92. The molecule has 2 aromatic carbocycles. The van der Waals surface area contributed by atoms with Crippen LogP contribution in [-0.4, -0.2) is 14.4 Å². The van der Waals surface area contributed by atoms with Gasteiger partial charge in [-0.3, -0.25) is 4.72 Å². The Morgan fingerprint density at radius 1 is 1.13 bits per heavy atom. The summed E-state index contributed by atoms with van der Waals surface area (Å²) in [4.78, 5) is 10.8. The van der Waals surface area contributed by atoms with Gasteiger partial charge in [-0.25, -0.2) is 12.8 Å². The van der Waals surface area contributed by atoms with Crippen LogP contribution >= 0.6 is 0 Å². The van der Waals surface area contributed by atoms with Gasteiger partial charge in [-0.1, -0.05) is 6.07 Å². The van der Waals surface area contributed by atoms with Crippen LogP contribution in [-0.2, 0) is 10.0 Å². The largest absolute Gasteiger partial charge is 0.545 e. The van der Waals surface area contributed by atoms with E-state index in [4.69, 9.17) is 0 Å². The maximum Gasteiger partial charge on any atom is 0.262 e. The highest BCUT2D eigenvalue weighted by Crippen LogP contribution is 2.25. The Morgan fingerprint density at radius 3 is 2.35 bits per heavy atom. The molecule has 0 heterocycles. The first-order valence-electron chi connectivity index (χ1n) is 6.73. The molecular weight excluding hydrogens is 321 g/mol. The Balaban J connectivity index is 2.53. The zero-order valence-electron chi connectivity index (χ0n) is 12.8. The van der Waals surface area contributed by atoms with Crippen molar-refractivity contribution in [3.05, 3.63) is 58.4 Å². The lowest BCUT2D eigenvalue weighted by molar-refractivity contribution is -0.255. The van der Waals surface area contributed by atoms with Crippen LogP contribution in [0.2, 0.25) is 0 Å². The number of carboxylic acid groups (broad SMARTS) is 1. The number of rotatable bonds is 4. The maximum absolute atomic E-state index is 13.9. The van der Waals surface area contributed by atoms with Crippen molar-refractivity contribution in [1.82, 2.24) is 0 Å². The summed E-state index contributed by atoms with van der Waals surface area (Å²) in [5, 5.41) is 11.0. The van der Waals surface area contributed by atoms with Crippen molar-refractivity contribution in [3.63, 3.8) is 0 Å². The summed E-state index contributed by atoms with van der Waals surface area (Å²) in [5.74, 6) is -2.19. The number of aryl methyl sites for hydroxylation is 2. The summed E-state index contributed by atoms with van der Waals surface area (Å²) in [6.45, 7) is 4.82. The average Bonchev–Trinajstić information content (AvgIpc) is 2.44. The molecule has 0 atom stereocenters. The summed E-state index contributed by atoms with van der Waals surface area (Å²) in [7, 11) is -4.14. The molecule has 122 valence electrons. The van der Waals surface area contributed by atoms with Crippen molar-refractivity contribution in [2.75, 3.05) is 4.72 Å². The molecule has 5 nitrogen and oxygen atoms in total. The third-order valence-corrected chi connectivity index (χ3v) is 5.01. The summed E-state index contributed by atoms with van der Waals surface area (Å²) < 4.78 is 41.0. The molecule has 0 aliphatic heterocycles. The van der Waals surface area contributed by atoms with E-state index >= 15 is 0 Å². The minimum absolute atomic E-state index is 0.202. The topological polar surface area (TPSA) is 86.3 Å². The van der Waals surface area contributed by atoms with Gasteiger partial charge in [0.2, 0.25) is 0 Å². The van der Waals surface area contributed by atoms with E-state index in [0.29, 0.717) is 16.7 Å². The standard InChI is InChI=1S/C16H16FNO4S/c1-9-4-5-14(13(17)6-9)18-23(21,22)15-8-12(16(19)20)7-10(2)11(15)3/h4-8,18H,1-3H3,(H,19,20)/p-1. The van der Waals surface area contributed by atoms with E-state index in [1.807, 2.05) is 0 Å². The van der Waals surface area contributed by atoms with Crippen LogP contribution in [0.4, 0.5) is 10.1 Å². The van der Waals surface area contributed by atoms with Gasteiger partial charge in [0.05, 0.1) is 16.6 Å². The van der Waals surface area contributed by atoms with Gasteiger partial charge in [0.25, 0.3) is 10.0 Å². The molecular formula is C16H15FNO4S-. The van der Waals surface area contributed by atoms with E-state index in [2.05, 4.69) is 4.72 Å². The van der Waals surface area contributed by atoms with Crippen LogP contribution in [0.15, 0.2) is 35.2 Å². The van der Waals surface area contributed by atoms with Crippen LogP contribution in [0.25, 0.3) is 0 Å². The minimum atomic E-state index is -4.14. The second kappa shape index (κ2) is 6.00. The van der Waals surface area contributed by atoms with Gasteiger partial charge in [-0.05, 0) is 67.3 Å². The van der Waals surface area contributed by atoms with Gasteiger partial charge >= 0.3 is 0 Å². The number of hydrogen-bond acceptors (Lipinski definition) is 4. The quantitative estimate of drug-likeness (QED) is 0.924. The van der Waals surface area contributed by atoms with Crippen LogP contribution < -0.4 is 9.83 Å². The van der Waals surface area contributed by atoms with E-state index in [1.54, 1.807) is 26.8 Å². The summed E-state index contributed by atoms with van der Waals surface area (Å²) in [6.07, 6.45) is 0. The fourth-order valence-electron chi connectivity index (χ4n) is 2.13. The Morgan fingerprint density at radius 2 is 1.78 bits per heavy atom. The van der Waals surface area contributed by atoms with Crippen LogP contribution in [0.5, 0.6) is 0 Å². The summed E-state index contributed by atoms with van der Waals surface area (Å²) >= 11 is 0. The van der Waals surface area contributed by atoms with Crippen molar-refractivity contribution >= 4 is 21.7 Å². The number of aromatic carboxylic acids is 1. The smallest absolute Gasteiger partial charge is 0.262 e. The van der Waals surface area contributed by atoms with Gasteiger partial charge in [-0.15, -0.1) is 0 Å². The molecule has 0 radical (unpaired) electrons. The highest BCUT2D eigenvalue weighted by molar-refractivity contribution is 7.92. The summed E-state index contributed by atoms with van der Waals surface area (Å²) in [6, 6.07) is 6.42. The SMILES string of the molecule is Cc1ccc(NS(=O)(=O)c2cc(C(=O)[O-])cc(C)c2C)c(F)c1. The fourth-order valence-corrected chi connectivity index (χ4v) is 3.54. The first-order valence-corrected chi connectivity index (χ1v) is 8.21. The van der Waals surface area contributed by atoms with Gasteiger partial charge < -0.3 is 9.90 Å². The van der Waals surface area contributed by atoms with Crippen molar-refractivity contribution < 1.29 is 22.7 Å². The molecule has 0 aliphatic carbocycles. The van der Waals surface area contributed by atoms with Gasteiger partial charge in [0, 0.05) is 0 Å². The molecule has 0 saturated carbocycles. The highest BCUT2D eigenvalue weighted by Gasteiger charge is 2.21. The molecule has 23 heavy (non-hydrogen) atoms. The molecule has 0 unspecified atom stereocenters. The third-order valence-electron chi connectivity index (χ3n) is 3.51. The molecule has 2 aromatic rings. The molecule has 7 heteroatoms. The number of carboxylic acids is 1. The zero-order chi connectivity index (χ0) is 17.4. The molecule has 0 bridgehead atoms. The van der Waals surface area contributed by atoms with Crippen molar-refractivity contribution in [2.24, 2.45) is 0 Å². The van der Waals surface area contributed by atoms with Crippen molar-refractivity contribution in [1.29, 1.82) is 0 Å². The van der Waals surface area contributed by atoms with Gasteiger partial charge in [0.1, 0.15) is 5.82 Å². The Labute approximate surface area is 133 Å². The van der Waals surface area contributed by atoms with E-state index in [-0.39, 0.29) is 16.1 Å². The van der Waals surface area contributed by atoms with E-state index in [9.17, 15) is 22.7 Å². The molecule has 0 spiro atoms. The number of nitrogens with one attached hydrogen (secondary N) is 1. The lowest BCUT2D eigenvalue weighted by Gasteiger charge is -2.15. The number of sulfonamides is 1. The Bertz CT molecular complexity index is 891. The molecule has 0 fully saturated rings. The maximum atomic E-state index is 13.9. The normalized spacial score (nSPS) is 11.3. The van der Waals surface area contributed by atoms with Crippen LogP contribution in [0.1, 0.15) is 27.0 Å². The van der Waals surface area contributed by atoms with Gasteiger partial charge in [-0.2, -0.15) is 0 Å². The number of halogens is 1. The van der Waals surface area contributed by atoms with Crippen LogP contribution in [0, 0.1) is 26.6 Å². The molecule has 0 amide bonds. The monoisotopic (exact) mass is 336 g/mol. The fraction of sp³-hybridized carbons (Fsp3) is 0.188. The number of carbonyl (C=O) groups excluding carboxylic acids is 1. The minimum Gasteiger partial charge on any atom is -0.545 e. The Hall–Kier alpha value is -2.41. The molecule has 0 aliphatic rings. The van der Waals surface area contributed by atoms with Crippen LogP contribution in [0.3, 0.4) is 0 Å². The molecule has 0 aromatic heterocycles. The number of hydrogen-bond donors (Lipinski definition) is 1. The zero-order valence-corrected chi connectivity index (χ0v) is 13.6. The second-order valence-corrected chi connectivity index (χ2v) is 6.94. The first-order chi connectivity index (χ1) is 10.6. The number of benzene rings is 2. The summed E-state index contributed by atoms with van der Waals surface area (Å²) in [5.41, 5.74) is 1.06. The molecule has 1 N–H and O–H groups in total. The third kappa shape index (κ3) is 3.50. The van der Waals surface area contributed by atoms with Crippen molar-refractivity contribution in [3.8, 4) is 0 Å². The number of carbonyl (C=O) groups is 1. The lowest BCUT2D eigenvalue weighted by atomic mass is 10.1. The highest BCUT2D eigenvalue weighted by atomic mass is 32.2. The van der Waals surface area contributed by atoms with E-state index in [0.717, 1.165) is 6.07 Å². The first kappa shape index (κ1) is 17.0. The van der Waals surface area contributed by atoms with E-state index in [1.165, 1.54) is 18.2 Å². The van der Waals surface area contributed by atoms with Crippen molar-refractivity contribution in [2.45, 2.75) is 25.7 Å². The van der Waals surface area contributed by atoms with E-state index < -0.39 is 21.8 Å². The average molecular weight is 336 g/mol. The predicted molar refractivity (Wildman–Crippen MR) is 82.2 cm³/mol. The lowest BCUT2D eigenvalue weighted by Crippen LogP contribution is -2.24. The van der Waals surface area contributed by atoms with Gasteiger partial charge in [0.15, 0.2) is 0 Å². The second-order valence-electron chi connectivity index (χ2n) is 5.29.